The first-order chi connectivity index (χ1) is 13.5. The number of nitrogens with one attached hydrogen (secondary N) is 3. The van der Waals surface area contributed by atoms with Crippen LogP contribution < -0.4 is 15.5 Å². The van der Waals surface area contributed by atoms with Crippen molar-refractivity contribution in [1.29, 1.82) is 0 Å². The Balaban J connectivity index is 1.45. The number of quaternary nitrogens is 1. The predicted octanol–water partition coefficient (Wildman–Crippen LogP) is 1.92. The van der Waals surface area contributed by atoms with Gasteiger partial charge in [-0.05, 0) is 54.5 Å². The monoisotopic (exact) mass is 401 g/mol. The van der Waals surface area contributed by atoms with Gasteiger partial charge >= 0.3 is 0 Å². The van der Waals surface area contributed by atoms with E-state index in [0.29, 0.717) is 12.2 Å². The molecule has 1 amide bonds. The van der Waals surface area contributed by atoms with Crippen molar-refractivity contribution in [2.45, 2.75) is 13.3 Å². The molecule has 3 rings (SSSR count). The van der Waals surface area contributed by atoms with E-state index >= 15 is 0 Å². The smallest absolute Gasteiger partial charge is 0.279 e. The summed E-state index contributed by atoms with van der Waals surface area (Å²) in [6.07, 6.45) is 0.951. The molecule has 0 spiro atoms. The van der Waals surface area contributed by atoms with Gasteiger partial charge in [-0.2, -0.15) is 0 Å². The molecule has 0 atom stereocenters. The highest BCUT2D eigenvalue weighted by atomic mass is 32.1. The van der Waals surface area contributed by atoms with Gasteiger partial charge in [-0.15, -0.1) is 0 Å². The molecule has 2 aromatic rings. The van der Waals surface area contributed by atoms with E-state index in [2.05, 4.69) is 28.5 Å². The van der Waals surface area contributed by atoms with Crippen LogP contribution in [0.5, 0.6) is 0 Å². The van der Waals surface area contributed by atoms with Gasteiger partial charge in [0.15, 0.2) is 11.7 Å². The molecule has 0 aliphatic carbocycles. The average molecular weight is 402 g/mol. The van der Waals surface area contributed by atoms with Crippen LogP contribution in [0.3, 0.4) is 0 Å². The number of para-hydroxylation sites is 1. The van der Waals surface area contributed by atoms with Gasteiger partial charge in [0.05, 0.1) is 26.2 Å². The molecule has 0 radical (unpaired) electrons. The number of thiocarbonyl (C=S) groups is 1. The molecule has 0 unspecified atom stereocenters. The largest absolute Gasteiger partial charge is 0.338 e. The summed E-state index contributed by atoms with van der Waals surface area (Å²) in [5.41, 5.74) is 2.92. The normalized spacial score (nSPS) is 14.6. The molecule has 1 saturated heterocycles. The van der Waals surface area contributed by atoms with Gasteiger partial charge in [0.25, 0.3) is 5.91 Å². The Morgan fingerprint density at radius 1 is 1.11 bits per heavy atom. The van der Waals surface area contributed by atoms with E-state index in [1.807, 2.05) is 18.2 Å². The number of benzene rings is 2. The Labute approximate surface area is 170 Å². The Morgan fingerprint density at radius 2 is 1.79 bits per heavy atom. The predicted molar refractivity (Wildman–Crippen MR) is 114 cm³/mol. The standard InChI is InChI=1S/C21H25FN4OS/c1-2-16-5-3-4-6-19(16)24-21(28)26-13-11-25(12-14-26)15-20(27)23-18-9-7-17(22)8-10-18/h3-10H,2,11-15H2,1H3,(H,23,27)(H,24,28)/p+1. The van der Waals surface area contributed by atoms with Crippen molar-refractivity contribution >= 4 is 34.6 Å². The number of halogens is 1. The lowest BCUT2D eigenvalue weighted by molar-refractivity contribution is -0.895. The molecule has 7 heteroatoms. The number of carbonyl (C=O) groups is 1. The fourth-order valence-corrected chi connectivity index (χ4v) is 3.61. The first-order valence-electron chi connectivity index (χ1n) is 9.58. The molecular formula is C21H26FN4OS+. The third-order valence-corrected chi connectivity index (χ3v) is 5.30. The molecule has 0 aromatic heterocycles. The van der Waals surface area contributed by atoms with Crippen LogP contribution in [-0.4, -0.2) is 48.6 Å². The number of rotatable bonds is 5. The molecule has 1 aliphatic heterocycles. The van der Waals surface area contributed by atoms with Crippen molar-refractivity contribution in [2.75, 3.05) is 43.4 Å². The molecule has 3 N–H and O–H groups in total. The summed E-state index contributed by atoms with van der Waals surface area (Å²) in [5, 5.41) is 6.91. The van der Waals surface area contributed by atoms with E-state index in [0.717, 1.165) is 43.4 Å². The minimum atomic E-state index is -0.314. The van der Waals surface area contributed by atoms with E-state index < -0.39 is 0 Å². The summed E-state index contributed by atoms with van der Waals surface area (Å²) in [5.74, 6) is -0.376. The molecule has 1 heterocycles. The van der Waals surface area contributed by atoms with Crippen LogP contribution in [0.2, 0.25) is 0 Å². The molecular weight excluding hydrogens is 375 g/mol. The second kappa shape index (κ2) is 9.61. The zero-order valence-electron chi connectivity index (χ0n) is 16.0. The highest BCUT2D eigenvalue weighted by Crippen LogP contribution is 2.16. The fourth-order valence-electron chi connectivity index (χ4n) is 3.31. The van der Waals surface area contributed by atoms with Crippen LogP contribution in [0.15, 0.2) is 48.5 Å². The number of piperazine rings is 1. The number of aryl methyl sites for hydroxylation is 1. The summed E-state index contributed by atoms with van der Waals surface area (Å²) >= 11 is 5.58. The average Bonchev–Trinajstić information content (AvgIpc) is 2.70. The first-order valence-corrected chi connectivity index (χ1v) is 9.99. The van der Waals surface area contributed by atoms with Crippen LogP contribution in [-0.2, 0) is 11.2 Å². The van der Waals surface area contributed by atoms with Crippen LogP contribution in [0.25, 0.3) is 0 Å². The van der Waals surface area contributed by atoms with Crippen molar-refractivity contribution < 1.29 is 14.1 Å². The van der Waals surface area contributed by atoms with E-state index in [1.165, 1.54) is 22.6 Å². The van der Waals surface area contributed by atoms with Gasteiger partial charge in [-0.1, -0.05) is 25.1 Å². The van der Waals surface area contributed by atoms with Gasteiger partial charge < -0.3 is 20.4 Å². The topological polar surface area (TPSA) is 48.8 Å². The third kappa shape index (κ3) is 5.50. The fraction of sp³-hybridized carbons (Fsp3) is 0.333. The summed E-state index contributed by atoms with van der Waals surface area (Å²) in [7, 11) is 0. The minimum absolute atomic E-state index is 0.0624. The second-order valence-corrected chi connectivity index (χ2v) is 7.30. The highest BCUT2D eigenvalue weighted by Gasteiger charge is 2.24. The van der Waals surface area contributed by atoms with Gasteiger partial charge in [-0.3, -0.25) is 4.79 Å². The summed E-state index contributed by atoms with van der Waals surface area (Å²) in [6, 6.07) is 14.0. The molecule has 5 nitrogen and oxygen atoms in total. The molecule has 0 bridgehead atoms. The maximum absolute atomic E-state index is 12.9. The summed E-state index contributed by atoms with van der Waals surface area (Å²) < 4.78 is 12.9. The van der Waals surface area contributed by atoms with Crippen molar-refractivity contribution in [1.82, 2.24) is 4.90 Å². The van der Waals surface area contributed by atoms with Gasteiger partial charge in [0.1, 0.15) is 5.82 Å². The van der Waals surface area contributed by atoms with E-state index in [-0.39, 0.29) is 11.7 Å². The van der Waals surface area contributed by atoms with Gasteiger partial charge in [-0.25, -0.2) is 4.39 Å². The van der Waals surface area contributed by atoms with Crippen LogP contribution >= 0.6 is 12.2 Å². The van der Waals surface area contributed by atoms with Gasteiger partial charge in [0, 0.05) is 11.4 Å². The molecule has 0 saturated carbocycles. The molecule has 2 aromatic carbocycles. The molecule has 28 heavy (non-hydrogen) atoms. The van der Waals surface area contributed by atoms with Gasteiger partial charge in [0.2, 0.25) is 0 Å². The lowest BCUT2D eigenvalue weighted by Gasteiger charge is -2.33. The quantitative estimate of drug-likeness (QED) is 0.670. The van der Waals surface area contributed by atoms with Crippen molar-refractivity contribution in [2.24, 2.45) is 0 Å². The summed E-state index contributed by atoms with van der Waals surface area (Å²) in [4.78, 5) is 15.6. The Morgan fingerprint density at radius 3 is 2.46 bits per heavy atom. The van der Waals surface area contributed by atoms with E-state index in [1.54, 1.807) is 12.1 Å². The minimum Gasteiger partial charge on any atom is -0.338 e. The number of hydrogen-bond acceptors (Lipinski definition) is 2. The second-order valence-electron chi connectivity index (χ2n) is 6.91. The number of anilines is 2. The lowest BCUT2D eigenvalue weighted by Crippen LogP contribution is -3.15. The Kier molecular flexibility index (Phi) is 6.95. The van der Waals surface area contributed by atoms with E-state index in [4.69, 9.17) is 12.2 Å². The van der Waals surface area contributed by atoms with Crippen LogP contribution in [0.4, 0.5) is 15.8 Å². The van der Waals surface area contributed by atoms with E-state index in [9.17, 15) is 9.18 Å². The lowest BCUT2D eigenvalue weighted by atomic mass is 10.1. The zero-order chi connectivity index (χ0) is 19.9. The molecule has 1 aliphatic rings. The third-order valence-electron chi connectivity index (χ3n) is 4.94. The van der Waals surface area contributed by atoms with Crippen molar-refractivity contribution in [3.63, 3.8) is 0 Å². The van der Waals surface area contributed by atoms with Crippen LogP contribution in [0.1, 0.15) is 12.5 Å². The molecule has 148 valence electrons. The van der Waals surface area contributed by atoms with Crippen molar-refractivity contribution in [3.8, 4) is 0 Å². The van der Waals surface area contributed by atoms with Crippen molar-refractivity contribution in [3.05, 3.63) is 59.9 Å². The van der Waals surface area contributed by atoms with Crippen LogP contribution in [0, 0.1) is 5.82 Å². The maximum Gasteiger partial charge on any atom is 0.279 e. The molecule has 1 fully saturated rings. The highest BCUT2D eigenvalue weighted by molar-refractivity contribution is 7.80. The Bertz CT molecular complexity index is 819. The summed E-state index contributed by atoms with van der Waals surface area (Å²) in [6.45, 7) is 5.81. The Hall–Kier alpha value is -2.51. The number of nitrogens with zero attached hydrogens (tertiary/aromatic N) is 1. The first kappa shape index (κ1) is 20.2. The maximum atomic E-state index is 12.9. The number of carbonyl (C=O) groups excluding carboxylic acids is 1. The number of hydrogen-bond donors (Lipinski definition) is 3. The number of amides is 1. The zero-order valence-corrected chi connectivity index (χ0v) is 16.8. The SMILES string of the molecule is CCc1ccccc1NC(=S)N1CC[NH+](CC(=O)Nc2ccc(F)cc2)CC1.